The average Bonchev–Trinajstić information content (AvgIpc) is 2.55. The molecule has 2 aromatic carbocycles. The highest BCUT2D eigenvalue weighted by Gasteiger charge is 2.20. The molecule has 0 aliphatic rings. The van der Waals surface area contributed by atoms with Crippen molar-refractivity contribution in [2.45, 2.75) is 25.3 Å². The molecule has 0 atom stereocenters. The minimum Gasteiger partial charge on any atom is -1.00 e. The van der Waals surface area contributed by atoms with Gasteiger partial charge in [0.2, 0.25) is 5.52 Å². The van der Waals surface area contributed by atoms with Crippen LogP contribution in [0.25, 0.3) is 10.9 Å². The SMILES string of the molecule is CC[n+]1ccc(OS(=O)(=O)c2ccc(C)cc2)c2ccccc21.[Cl-]. The molecule has 0 bridgehead atoms. The molecule has 0 spiro atoms. The maximum absolute atomic E-state index is 12.5. The van der Waals surface area contributed by atoms with Crippen LogP contribution in [0.3, 0.4) is 0 Å². The molecule has 24 heavy (non-hydrogen) atoms. The van der Waals surface area contributed by atoms with Gasteiger partial charge in [-0.3, -0.25) is 0 Å². The number of hydrogen-bond acceptors (Lipinski definition) is 3. The maximum Gasteiger partial charge on any atom is 0.339 e. The molecule has 6 heteroatoms. The summed E-state index contributed by atoms with van der Waals surface area (Å²) < 4.78 is 32.4. The minimum atomic E-state index is -3.85. The van der Waals surface area contributed by atoms with Crippen LogP contribution in [0.15, 0.2) is 65.7 Å². The lowest BCUT2D eigenvalue weighted by molar-refractivity contribution is -0.667. The van der Waals surface area contributed by atoms with Gasteiger partial charge in [-0.1, -0.05) is 29.8 Å². The average molecular weight is 364 g/mol. The van der Waals surface area contributed by atoms with E-state index in [0.717, 1.165) is 23.0 Å². The Kier molecular flexibility index (Phi) is 5.47. The second-order valence-corrected chi connectivity index (χ2v) is 6.88. The van der Waals surface area contributed by atoms with Gasteiger partial charge in [-0.2, -0.15) is 13.0 Å². The first kappa shape index (κ1) is 18.2. The van der Waals surface area contributed by atoms with Crippen LogP contribution in [0.2, 0.25) is 0 Å². The number of rotatable bonds is 4. The highest BCUT2D eigenvalue weighted by atomic mass is 35.5. The molecule has 1 heterocycles. The van der Waals surface area contributed by atoms with E-state index in [1.807, 2.05) is 48.9 Å². The number of halogens is 1. The Morgan fingerprint density at radius 2 is 1.67 bits per heavy atom. The Hall–Kier alpha value is -2.11. The standard InChI is InChI=1S/C18H18NO3S.ClH/c1-3-19-13-12-18(16-6-4-5-7-17(16)19)22-23(20,21)15-10-8-14(2)9-11-15;/h4-13H,3H2,1-2H3;1H/q+1;/p-1. The summed E-state index contributed by atoms with van der Waals surface area (Å²) >= 11 is 0. The van der Waals surface area contributed by atoms with Crippen molar-refractivity contribution in [2.24, 2.45) is 0 Å². The Morgan fingerprint density at radius 3 is 2.33 bits per heavy atom. The molecule has 0 unspecified atom stereocenters. The van der Waals surface area contributed by atoms with E-state index in [0.29, 0.717) is 5.75 Å². The summed E-state index contributed by atoms with van der Waals surface area (Å²) in [4.78, 5) is 0.152. The summed E-state index contributed by atoms with van der Waals surface area (Å²) in [6.07, 6.45) is 1.84. The number of pyridine rings is 1. The van der Waals surface area contributed by atoms with E-state index in [2.05, 4.69) is 0 Å². The molecule has 0 aliphatic carbocycles. The third-order valence-electron chi connectivity index (χ3n) is 3.73. The molecule has 0 saturated heterocycles. The molecule has 126 valence electrons. The topological polar surface area (TPSA) is 47.2 Å². The van der Waals surface area contributed by atoms with E-state index in [1.54, 1.807) is 30.3 Å². The van der Waals surface area contributed by atoms with E-state index >= 15 is 0 Å². The van der Waals surface area contributed by atoms with Gasteiger partial charge in [0, 0.05) is 12.1 Å². The van der Waals surface area contributed by atoms with Crippen molar-refractivity contribution in [2.75, 3.05) is 0 Å². The molecule has 1 aromatic heterocycles. The van der Waals surface area contributed by atoms with Crippen LogP contribution in [0, 0.1) is 6.92 Å². The van der Waals surface area contributed by atoms with Crippen LogP contribution in [0.1, 0.15) is 12.5 Å². The fourth-order valence-electron chi connectivity index (χ4n) is 2.48. The van der Waals surface area contributed by atoms with Crippen molar-refractivity contribution in [1.29, 1.82) is 0 Å². The zero-order valence-electron chi connectivity index (χ0n) is 13.4. The highest BCUT2D eigenvalue weighted by Crippen LogP contribution is 2.26. The van der Waals surface area contributed by atoms with Crippen molar-refractivity contribution in [3.63, 3.8) is 0 Å². The summed E-state index contributed by atoms with van der Waals surface area (Å²) in [6.45, 7) is 4.74. The summed E-state index contributed by atoms with van der Waals surface area (Å²) in [5.41, 5.74) is 1.93. The molecular weight excluding hydrogens is 346 g/mol. The van der Waals surface area contributed by atoms with E-state index < -0.39 is 10.1 Å². The van der Waals surface area contributed by atoms with Gasteiger partial charge < -0.3 is 16.6 Å². The Morgan fingerprint density at radius 1 is 1.00 bits per heavy atom. The molecule has 0 amide bonds. The lowest BCUT2D eigenvalue weighted by Gasteiger charge is -2.09. The molecule has 3 rings (SSSR count). The van der Waals surface area contributed by atoms with Crippen molar-refractivity contribution < 1.29 is 29.6 Å². The highest BCUT2D eigenvalue weighted by molar-refractivity contribution is 7.87. The maximum atomic E-state index is 12.5. The predicted octanol–water partition coefficient (Wildman–Crippen LogP) is 0.227. The molecule has 0 radical (unpaired) electrons. The number of para-hydroxylation sites is 1. The smallest absolute Gasteiger partial charge is 0.339 e. The van der Waals surface area contributed by atoms with Crippen molar-refractivity contribution in [3.8, 4) is 5.75 Å². The van der Waals surface area contributed by atoms with E-state index in [9.17, 15) is 8.42 Å². The first-order valence-corrected chi connectivity index (χ1v) is 8.84. The van der Waals surface area contributed by atoms with E-state index in [1.165, 1.54) is 0 Å². The molecule has 0 N–H and O–H groups in total. The molecule has 3 aromatic rings. The summed E-state index contributed by atoms with van der Waals surface area (Å²) in [5, 5.41) is 0.771. The van der Waals surface area contributed by atoms with Gasteiger partial charge in [0.1, 0.15) is 11.4 Å². The lowest BCUT2D eigenvalue weighted by Crippen LogP contribution is -3.00. The predicted molar refractivity (Wildman–Crippen MR) is 88.8 cm³/mol. The van der Waals surface area contributed by atoms with Gasteiger partial charge in [0.15, 0.2) is 11.9 Å². The second kappa shape index (κ2) is 7.20. The number of aryl methyl sites for hydroxylation is 2. The zero-order chi connectivity index (χ0) is 16.4. The minimum absolute atomic E-state index is 0. The van der Waals surface area contributed by atoms with Crippen LogP contribution in [0.5, 0.6) is 5.75 Å². The number of hydrogen-bond donors (Lipinski definition) is 0. The molecule has 0 saturated carbocycles. The monoisotopic (exact) mass is 363 g/mol. The summed E-state index contributed by atoms with van der Waals surface area (Å²) in [5.74, 6) is 0.339. The number of nitrogens with zero attached hydrogens (tertiary/aromatic N) is 1. The van der Waals surface area contributed by atoms with Crippen molar-refractivity contribution in [1.82, 2.24) is 0 Å². The van der Waals surface area contributed by atoms with Gasteiger partial charge in [-0.05, 0) is 32.0 Å². The van der Waals surface area contributed by atoms with Crippen molar-refractivity contribution >= 4 is 21.0 Å². The fourth-order valence-corrected chi connectivity index (χ4v) is 3.43. The number of aromatic nitrogens is 1. The molecule has 4 nitrogen and oxygen atoms in total. The Bertz CT molecular complexity index is 954. The number of benzene rings is 2. The van der Waals surface area contributed by atoms with Gasteiger partial charge >= 0.3 is 10.1 Å². The Labute approximate surface area is 148 Å². The lowest BCUT2D eigenvalue weighted by atomic mass is 10.2. The van der Waals surface area contributed by atoms with Crippen LogP contribution in [0.4, 0.5) is 0 Å². The largest absolute Gasteiger partial charge is 1.00 e. The molecular formula is C18H18ClNO3S. The van der Waals surface area contributed by atoms with E-state index in [4.69, 9.17) is 4.18 Å². The third-order valence-corrected chi connectivity index (χ3v) is 4.98. The quantitative estimate of drug-likeness (QED) is 0.492. The normalized spacial score (nSPS) is 11.1. The first-order valence-electron chi connectivity index (χ1n) is 7.43. The fraction of sp³-hybridized carbons (Fsp3) is 0.167. The van der Waals surface area contributed by atoms with E-state index in [-0.39, 0.29) is 17.3 Å². The summed E-state index contributed by atoms with van der Waals surface area (Å²) in [7, 11) is -3.85. The third kappa shape index (κ3) is 3.52. The van der Waals surface area contributed by atoms with Crippen LogP contribution < -0.4 is 21.2 Å². The van der Waals surface area contributed by atoms with Gasteiger partial charge in [-0.25, -0.2) is 0 Å². The van der Waals surface area contributed by atoms with Gasteiger partial charge in [-0.15, -0.1) is 0 Å². The van der Waals surface area contributed by atoms with Crippen LogP contribution >= 0.6 is 0 Å². The van der Waals surface area contributed by atoms with Crippen molar-refractivity contribution in [3.05, 3.63) is 66.4 Å². The zero-order valence-corrected chi connectivity index (χ0v) is 15.0. The summed E-state index contributed by atoms with van der Waals surface area (Å²) in [6, 6.07) is 15.9. The first-order chi connectivity index (χ1) is 11.0. The molecule has 0 aliphatic heterocycles. The number of fused-ring (bicyclic) bond motifs is 1. The van der Waals surface area contributed by atoms with Gasteiger partial charge in [0.25, 0.3) is 0 Å². The Balaban J connectivity index is 0.00000208. The molecule has 0 fully saturated rings. The second-order valence-electron chi connectivity index (χ2n) is 5.33. The van der Waals surface area contributed by atoms with Crippen LogP contribution in [-0.4, -0.2) is 8.42 Å². The van der Waals surface area contributed by atoms with Crippen LogP contribution in [-0.2, 0) is 16.7 Å². The van der Waals surface area contributed by atoms with Gasteiger partial charge in [0.05, 0.1) is 5.39 Å².